The molecule has 1 aromatic rings. The quantitative estimate of drug-likeness (QED) is 0.818. The van der Waals surface area contributed by atoms with E-state index in [4.69, 9.17) is 22.1 Å². The van der Waals surface area contributed by atoms with Crippen LogP contribution in [0.3, 0.4) is 0 Å². The Morgan fingerprint density at radius 3 is 3.05 bits per heavy atom. The van der Waals surface area contributed by atoms with E-state index < -0.39 is 0 Å². The van der Waals surface area contributed by atoms with Gasteiger partial charge in [-0.15, -0.1) is 0 Å². The molecular weight excluding hydrogens is 290 g/mol. The fourth-order valence-corrected chi connectivity index (χ4v) is 2.82. The van der Waals surface area contributed by atoms with E-state index in [0.717, 1.165) is 26.1 Å². The Morgan fingerprint density at radius 2 is 2.38 bits per heavy atom. The van der Waals surface area contributed by atoms with Crippen molar-refractivity contribution in [3.63, 3.8) is 0 Å². The van der Waals surface area contributed by atoms with E-state index in [9.17, 15) is 4.79 Å². The van der Waals surface area contributed by atoms with Crippen molar-refractivity contribution in [1.82, 2.24) is 4.90 Å². The van der Waals surface area contributed by atoms with Crippen LogP contribution in [-0.4, -0.2) is 43.7 Å². The van der Waals surface area contributed by atoms with E-state index in [1.807, 2.05) is 6.92 Å². The van der Waals surface area contributed by atoms with E-state index in [2.05, 4.69) is 10.2 Å². The van der Waals surface area contributed by atoms with E-state index in [1.54, 1.807) is 25.3 Å². The summed E-state index contributed by atoms with van der Waals surface area (Å²) < 4.78 is 5.18. The highest BCUT2D eigenvalue weighted by Crippen LogP contribution is 2.24. The van der Waals surface area contributed by atoms with Crippen LogP contribution in [0.5, 0.6) is 0 Å². The number of hydrogen-bond acceptors (Lipinski definition) is 4. The molecule has 2 unspecified atom stereocenters. The third kappa shape index (κ3) is 4.09. The molecule has 3 N–H and O–H groups in total. The standard InChI is InChI=1S/C15H22ClN3O2/c1-10(19-6-5-11(8-19)9-21-2)15(20)18-14-4-3-12(16)7-13(14)17/h3-4,7,10-11H,5-6,8-9,17H2,1-2H3,(H,18,20). The van der Waals surface area contributed by atoms with Crippen molar-refractivity contribution < 1.29 is 9.53 Å². The van der Waals surface area contributed by atoms with Gasteiger partial charge in [-0.25, -0.2) is 0 Å². The minimum absolute atomic E-state index is 0.0536. The summed E-state index contributed by atoms with van der Waals surface area (Å²) in [7, 11) is 1.71. The number of benzene rings is 1. The minimum Gasteiger partial charge on any atom is -0.397 e. The smallest absolute Gasteiger partial charge is 0.241 e. The molecule has 0 spiro atoms. The van der Waals surface area contributed by atoms with Crippen molar-refractivity contribution in [3.8, 4) is 0 Å². The van der Waals surface area contributed by atoms with Gasteiger partial charge < -0.3 is 15.8 Å². The van der Waals surface area contributed by atoms with Crippen molar-refractivity contribution in [1.29, 1.82) is 0 Å². The first-order valence-corrected chi connectivity index (χ1v) is 7.48. The summed E-state index contributed by atoms with van der Waals surface area (Å²) in [5.74, 6) is 0.452. The lowest BCUT2D eigenvalue weighted by Crippen LogP contribution is -2.41. The predicted octanol–water partition coefficient (Wildman–Crippen LogP) is 2.22. The van der Waals surface area contributed by atoms with Crippen LogP contribution in [0.2, 0.25) is 5.02 Å². The average molecular weight is 312 g/mol. The number of rotatable bonds is 5. The number of nitrogens with two attached hydrogens (primary N) is 1. The molecule has 0 saturated carbocycles. The topological polar surface area (TPSA) is 67.6 Å². The summed E-state index contributed by atoms with van der Waals surface area (Å²) in [6.45, 7) is 4.46. The molecule has 2 rings (SSSR count). The van der Waals surface area contributed by atoms with Gasteiger partial charge in [0.2, 0.25) is 5.91 Å². The Morgan fingerprint density at radius 1 is 1.62 bits per heavy atom. The van der Waals surface area contributed by atoms with Gasteiger partial charge in [0.25, 0.3) is 0 Å². The molecule has 116 valence electrons. The molecule has 21 heavy (non-hydrogen) atoms. The number of halogens is 1. The highest BCUT2D eigenvalue weighted by molar-refractivity contribution is 6.31. The Hall–Kier alpha value is -1.30. The maximum Gasteiger partial charge on any atom is 0.241 e. The largest absolute Gasteiger partial charge is 0.397 e. The number of ether oxygens (including phenoxy) is 1. The fourth-order valence-electron chi connectivity index (χ4n) is 2.64. The summed E-state index contributed by atoms with van der Waals surface area (Å²) in [5, 5.41) is 3.42. The summed E-state index contributed by atoms with van der Waals surface area (Å²) in [5.41, 5.74) is 6.93. The van der Waals surface area contributed by atoms with Crippen molar-refractivity contribution in [2.45, 2.75) is 19.4 Å². The van der Waals surface area contributed by atoms with Gasteiger partial charge >= 0.3 is 0 Å². The molecule has 1 saturated heterocycles. The first-order chi connectivity index (χ1) is 10.0. The second kappa shape index (κ2) is 7.11. The number of anilines is 2. The minimum atomic E-state index is -0.193. The fraction of sp³-hybridized carbons (Fsp3) is 0.533. The normalized spacial score (nSPS) is 20.4. The molecule has 1 heterocycles. The lowest BCUT2D eigenvalue weighted by molar-refractivity contribution is -0.120. The molecule has 0 aliphatic carbocycles. The zero-order valence-corrected chi connectivity index (χ0v) is 13.2. The Bertz CT molecular complexity index is 510. The number of nitrogen functional groups attached to an aromatic ring is 1. The maximum atomic E-state index is 12.3. The van der Waals surface area contributed by atoms with Crippen LogP contribution in [0.15, 0.2) is 18.2 Å². The van der Waals surface area contributed by atoms with Crippen molar-refractivity contribution in [3.05, 3.63) is 23.2 Å². The number of hydrogen-bond donors (Lipinski definition) is 2. The molecule has 1 fully saturated rings. The van der Waals surface area contributed by atoms with E-state index in [1.165, 1.54) is 0 Å². The van der Waals surface area contributed by atoms with Crippen molar-refractivity contribution in [2.75, 3.05) is 37.9 Å². The molecule has 1 aliphatic rings. The zero-order chi connectivity index (χ0) is 15.4. The lowest BCUT2D eigenvalue weighted by atomic mass is 10.1. The van der Waals surface area contributed by atoms with Gasteiger partial charge in [-0.3, -0.25) is 9.69 Å². The molecular formula is C15H22ClN3O2. The molecule has 6 heteroatoms. The SMILES string of the molecule is COCC1CCN(C(C)C(=O)Nc2ccc(Cl)cc2N)C1. The van der Waals surface area contributed by atoms with Crippen LogP contribution >= 0.6 is 11.6 Å². The Kier molecular flexibility index (Phi) is 5.45. The van der Waals surface area contributed by atoms with Crippen molar-refractivity contribution in [2.24, 2.45) is 5.92 Å². The van der Waals surface area contributed by atoms with Crippen LogP contribution in [0.4, 0.5) is 11.4 Å². The molecule has 5 nitrogen and oxygen atoms in total. The van der Waals surface area contributed by atoms with Crippen LogP contribution < -0.4 is 11.1 Å². The summed E-state index contributed by atoms with van der Waals surface area (Å²) >= 11 is 5.85. The Balaban J connectivity index is 1.94. The van der Waals surface area contributed by atoms with Crippen LogP contribution in [0.1, 0.15) is 13.3 Å². The first-order valence-electron chi connectivity index (χ1n) is 7.10. The van der Waals surface area contributed by atoms with Gasteiger partial charge in [0.15, 0.2) is 0 Å². The third-order valence-corrected chi connectivity index (χ3v) is 4.15. The van der Waals surface area contributed by atoms with Gasteiger partial charge in [0, 0.05) is 18.7 Å². The number of carbonyl (C=O) groups excluding carboxylic acids is 1. The van der Waals surface area contributed by atoms with Crippen LogP contribution in [-0.2, 0) is 9.53 Å². The molecule has 1 aliphatic heterocycles. The van der Waals surface area contributed by atoms with E-state index in [-0.39, 0.29) is 11.9 Å². The number of carbonyl (C=O) groups is 1. The van der Waals surface area contributed by atoms with Gasteiger partial charge in [-0.2, -0.15) is 0 Å². The number of likely N-dealkylation sites (tertiary alicyclic amines) is 1. The molecule has 0 radical (unpaired) electrons. The highest BCUT2D eigenvalue weighted by atomic mass is 35.5. The number of nitrogens with zero attached hydrogens (tertiary/aromatic N) is 1. The van der Waals surface area contributed by atoms with Gasteiger partial charge in [-0.05, 0) is 44.0 Å². The molecule has 0 bridgehead atoms. The summed E-state index contributed by atoms with van der Waals surface area (Å²) in [6, 6.07) is 4.87. The monoisotopic (exact) mass is 311 g/mol. The average Bonchev–Trinajstić information content (AvgIpc) is 2.90. The zero-order valence-electron chi connectivity index (χ0n) is 12.4. The predicted molar refractivity (Wildman–Crippen MR) is 85.5 cm³/mol. The van der Waals surface area contributed by atoms with Gasteiger partial charge in [0.05, 0.1) is 24.0 Å². The summed E-state index contributed by atoms with van der Waals surface area (Å²) in [4.78, 5) is 14.5. The second-order valence-electron chi connectivity index (χ2n) is 5.50. The van der Waals surface area contributed by atoms with Crippen LogP contribution in [0.25, 0.3) is 0 Å². The molecule has 2 atom stereocenters. The van der Waals surface area contributed by atoms with Gasteiger partial charge in [-0.1, -0.05) is 11.6 Å². The van der Waals surface area contributed by atoms with Crippen LogP contribution in [0, 0.1) is 5.92 Å². The molecule has 1 aromatic carbocycles. The highest BCUT2D eigenvalue weighted by Gasteiger charge is 2.29. The molecule has 0 aromatic heterocycles. The number of nitrogens with one attached hydrogen (secondary N) is 1. The van der Waals surface area contributed by atoms with E-state index >= 15 is 0 Å². The third-order valence-electron chi connectivity index (χ3n) is 3.92. The number of methoxy groups -OCH3 is 1. The molecule has 1 amide bonds. The Labute approximate surface area is 130 Å². The van der Waals surface area contributed by atoms with E-state index in [0.29, 0.717) is 22.3 Å². The number of amides is 1. The lowest BCUT2D eigenvalue weighted by Gasteiger charge is -2.23. The summed E-state index contributed by atoms with van der Waals surface area (Å²) in [6.07, 6.45) is 1.06. The second-order valence-corrected chi connectivity index (χ2v) is 5.94. The van der Waals surface area contributed by atoms with Crippen molar-refractivity contribution >= 4 is 28.9 Å². The van der Waals surface area contributed by atoms with Gasteiger partial charge in [0.1, 0.15) is 0 Å². The first kappa shape index (κ1) is 16.1. The maximum absolute atomic E-state index is 12.3.